The zero-order chi connectivity index (χ0) is 18.9. The van der Waals surface area contributed by atoms with E-state index in [0.717, 1.165) is 11.3 Å². The van der Waals surface area contributed by atoms with E-state index < -0.39 is 11.6 Å². The van der Waals surface area contributed by atoms with E-state index in [1.54, 1.807) is 30.0 Å². The van der Waals surface area contributed by atoms with Gasteiger partial charge in [0.15, 0.2) is 0 Å². The van der Waals surface area contributed by atoms with Crippen molar-refractivity contribution < 1.29 is 19.5 Å². The third-order valence-corrected chi connectivity index (χ3v) is 4.97. The molecular formula is C18H24N4O4. The van der Waals surface area contributed by atoms with Gasteiger partial charge in [-0.3, -0.25) is 14.4 Å². The molecular weight excluding hydrogens is 336 g/mol. The highest BCUT2D eigenvalue weighted by molar-refractivity contribution is 6.01. The van der Waals surface area contributed by atoms with Gasteiger partial charge >= 0.3 is 0 Å². The smallest absolute Gasteiger partial charge is 0.251 e. The van der Waals surface area contributed by atoms with Crippen molar-refractivity contribution >= 4 is 23.4 Å². The molecule has 0 unspecified atom stereocenters. The summed E-state index contributed by atoms with van der Waals surface area (Å²) in [6, 6.07) is 4.49. The van der Waals surface area contributed by atoms with Crippen molar-refractivity contribution in [3.8, 4) is 0 Å². The Labute approximate surface area is 151 Å². The number of aliphatic hydroxyl groups is 1. The van der Waals surface area contributed by atoms with E-state index in [0.29, 0.717) is 31.5 Å². The Kier molecular flexibility index (Phi) is 4.97. The van der Waals surface area contributed by atoms with Gasteiger partial charge in [-0.2, -0.15) is 0 Å². The maximum Gasteiger partial charge on any atom is 0.251 e. The number of amides is 3. The lowest BCUT2D eigenvalue weighted by Gasteiger charge is -2.38. The molecule has 8 nitrogen and oxygen atoms in total. The lowest BCUT2D eigenvalue weighted by atomic mass is 9.91. The monoisotopic (exact) mass is 360 g/mol. The van der Waals surface area contributed by atoms with E-state index >= 15 is 0 Å². The normalized spacial score (nSPS) is 19.5. The predicted molar refractivity (Wildman–Crippen MR) is 95.5 cm³/mol. The van der Waals surface area contributed by atoms with E-state index in [9.17, 15) is 19.5 Å². The number of benzene rings is 1. The zero-order valence-corrected chi connectivity index (χ0v) is 14.7. The first-order valence-corrected chi connectivity index (χ1v) is 8.75. The van der Waals surface area contributed by atoms with Crippen LogP contribution >= 0.6 is 0 Å². The molecule has 1 aromatic carbocycles. The zero-order valence-electron chi connectivity index (χ0n) is 14.7. The van der Waals surface area contributed by atoms with Gasteiger partial charge in [0, 0.05) is 30.9 Å². The largest absolute Gasteiger partial charge is 0.388 e. The summed E-state index contributed by atoms with van der Waals surface area (Å²) in [5, 5.41) is 16.1. The van der Waals surface area contributed by atoms with Gasteiger partial charge in [0.25, 0.3) is 5.91 Å². The SMILES string of the molecule is C[C@H](N)C(=O)N1CCC(O)(CNC(=O)c2ccc3c(c2)CC(=O)N3)CC1. The summed E-state index contributed by atoms with van der Waals surface area (Å²) in [4.78, 5) is 37.3. The van der Waals surface area contributed by atoms with E-state index in [1.807, 2.05) is 0 Å². The number of anilines is 1. The highest BCUT2D eigenvalue weighted by atomic mass is 16.3. The molecule has 1 atom stereocenters. The van der Waals surface area contributed by atoms with Gasteiger partial charge in [-0.15, -0.1) is 0 Å². The molecule has 0 aliphatic carbocycles. The van der Waals surface area contributed by atoms with Crippen molar-refractivity contribution in [3.63, 3.8) is 0 Å². The van der Waals surface area contributed by atoms with Crippen LogP contribution in [0.5, 0.6) is 0 Å². The fraction of sp³-hybridized carbons (Fsp3) is 0.500. The number of fused-ring (bicyclic) bond motifs is 1. The molecule has 0 bridgehead atoms. The first-order chi connectivity index (χ1) is 12.3. The van der Waals surface area contributed by atoms with Crippen LogP contribution in [0.4, 0.5) is 5.69 Å². The number of nitrogens with two attached hydrogens (primary N) is 1. The summed E-state index contributed by atoms with van der Waals surface area (Å²) in [5.41, 5.74) is 6.55. The lowest BCUT2D eigenvalue weighted by molar-refractivity contribution is -0.136. The van der Waals surface area contributed by atoms with Crippen LogP contribution in [0, 0.1) is 0 Å². The standard InChI is InChI=1S/C18H24N4O4/c1-11(19)17(25)22-6-4-18(26,5-7-22)10-20-16(24)12-2-3-14-13(8-12)9-15(23)21-14/h2-3,8,11,26H,4-7,9-10,19H2,1H3,(H,20,24)(H,21,23)/t11-/m0/s1. The number of likely N-dealkylation sites (tertiary alicyclic amines) is 1. The molecule has 1 fully saturated rings. The summed E-state index contributed by atoms with van der Waals surface area (Å²) >= 11 is 0. The van der Waals surface area contributed by atoms with Gasteiger partial charge in [-0.25, -0.2) is 0 Å². The van der Waals surface area contributed by atoms with Crippen LogP contribution in [0.15, 0.2) is 18.2 Å². The number of nitrogens with zero attached hydrogens (tertiary/aromatic N) is 1. The van der Waals surface area contributed by atoms with Gasteiger partial charge in [-0.05, 0) is 43.5 Å². The van der Waals surface area contributed by atoms with E-state index in [1.165, 1.54) is 0 Å². The summed E-state index contributed by atoms with van der Waals surface area (Å²) in [6.45, 7) is 2.59. The molecule has 0 spiro atoms. The molecule has 2 heterocycles. The molecule has 5 N–H and O–H groups in total. The Morgan fingerprint density at radius 2 is 2.08 bits per heavy atom. The van der Waals surface area contributed by atoms with Crippen molar-refractivity contribution in [2.45, 2.75) is 37.8 Å². The summed E-state index contributed by atoms with van der Waals surface area (Å²) in [5.74, 6) is -0.507. The van der Waals surface area contributed by atoms with Crippen molar-refractivity contribution in [2.75, 3.05) is 25.0 Å². The van der Waals surface area contributed by atoms with Crippen LogP contribution in [0.25, 0.3) is 0 Å². The second-order valence-corrected chi connectivity index (χ2v) is 7.12. The number of carbonyl (C=O) groups excluding carboxylic acids is 3. The van der Waals surface area contributed by atoms with Crippen LogP contribution in [-0.4, -0.2) is 59.0 Å². The van der Waals surface area contributed by atoms with Gasteiger partial charge in [-0.1, -0.05) is 0 Å². The van der Waals surface area contributed by atoms with Gasteiger partial charge in [0.1, 0.15) is 0 Å². The molecule has 8 heteroatoms. The maximum absolute atomic E-state index is 12.4. The molecule has 26 heavy (non-hydrogen) atoms. The quantitative estimate of drug-likeness (QED) is 0.582. The Balaban J connectivity index is 1.54. The molecule has 0 radical (unpaired) electrons. The van der Waals surface area contributed by atoms with Crippen LogP contribution in [-0.2, 0) is 16.0 Å². The fourth-order valence-corrected chi connectivity index (χ4v) is 3.33. The van der Waals surface area contributed by atoms with E-state index in [4.69, 9.17) is 5.73 Å². The lowest BCUT2D eigenvalue weighted by Crippen LogP contribution is -2.54. The van der Waals surface area contributed by atoms with Crippen LogP contribution in [0.3, 0.4) is 0 Å². The Hall–Kier alpha value is -2.45. The molecule has 3 amide bonds. The summed E-state index contributed by atoms with van der Waals surface area (Å²) in [7, 11) is 0. The number of rotatable bonds is 4. The fourth-order valence-electron chi connectivity index (χ4n) is 3.33. The van der Waals surface area contributed by atoms with Gasteiger partial charge < -0.3 is 26.4 Å². The minimum atomic E-state index is -1.04. The maximum atomic E-state index is 12.4. The summed E-state index contributed by atoms with van der Waals surface area (Å²) in [6.07, 6.45) is 1.03. The Morgan fingerprint density at radius 3 is 2.73 bits per heavy atom. The Bertz CT molecular complexity index is 739. The van der Waals surface area contributed by atoms with E-state index in [2.05, 4.69) is 10.6 Å². The van der Waals surface area contributed by atoms with Crippen LogP contribution in [0.1, 0.15) is 35.7 Å². The minimum Gasteiger partial charge on any atom is -0.388 e. The average Bonchev–Trinajstić information content (AvgIpc) is 2.99. The second-order valence-electron chi connectivity index (χ2n) is 7.12. The third-order valence-electron chi connectivity index (χ3n) is 4.97. The predicted octanol–water partition coefficient (Wildman–Crippen LogP) is -0.388. The first kappa shape index (κ1) is 18.3. The number of hydrogen-bond acceptors (Lipinski definition) is 5. The molecule has 140 valence electrons. The van der Waals surface area contributed by atoms with Crippen LogP contribution in [0.2, 0.25) is 0 Å². The number of hydrogen-bond donors (Lipinski definition) is 4. The number of carbonyl (C=O) groups is 3. The highest BCUT2D eigenvalue weighted by Gasteiger charge is 2.35. The minimum absolute atomic E-state index is 0.0834. The molecule has 1 aromatic rings. The highest BCUT2D eigenvalue weighted by Crippen LogP contribution is 2.25. The van der Waals surface area contributed by atoms with Crippen molar-refractivity contribution in [2.24, 2.45) is 5.73 Å². The first-order valence-electron chi connectivity index (χ1n) is 8.75. The van der Waals surface area contributed by atoms with Gasteiger partial charge in [0.2, 0.25) is 11.8 Å². The topological polar surface area (TPSA) is 125 Å². The number of piperidine rings is 1. The third kappa shape index (κ3) is 3.86. The number of nitrogens with one attached hydrogen (secondary N) is 2. The average molecular weight is 360 g/mol. The van der Waals surface area contributed by atoms with Crippen molar-refractivity contribution in [1.82, 2.24) is 10.2 Å². The second kappa shape index (κ2) is 7.05. The molecule has 2 aliphatic rings. The molecule has 0 saturated carbocycles. The molecule has 0 aromatic heterocycles. The Morgan fingerprint density at radius 1 is 1.38 bits per heavy atom. The molecule has 1 saturated heterocycles. The van der Waals surface area contributed by atoms with Crippen LogP contribution < -0.4 is 16.4 Å². The van der Waals surface area contributed by atoms with E-state index in [-0.39, 0.29) is 30.7 Å². The van der Waals surface area contributed by atoms with Crippen molar-refractivity contribution in [1.29, 1.82) is 0 Å². The van der Waals surface area contributed by atoms with Gasteiger partial charge in [0.05, 0.1) is 18.1 Å². The molecule has 2 aliphatic heterocycles. The van der Waals surface area contributed by atoms with Crippen molar-refractivity contribution in [3.05, 3.63) is 29.3 Å². The molecule has 3 rings (SSSR count). The summed E-state index contributed by atoms with van der Waals surface area (Å²) < 4.78 is 0.